The SMILES string of the molecule is C=CC(=O)Nc1cccnc1CCCCC1CCN(C(=O)c2ccc(N(CCCl)CCCl)cc2)CC1. The van der Waals surface area contributed by atoms with Gasteiger partial charge in [-0.3, -0.25) is 14.6 Å². The van der Waals surface area contributed by atoms with Gasteiger partial charge in [-0.05, 0) is 74.1 Å². The first kappa shape index (κ1) is 28.0. The molecule has 1 saturated heterocycles. The van der Waals surface area contributed by atoms with Crippen LogP contribution in [0.4, 0.5) is 11.4 Å². The van der Waals surface area contributed by atoms with Crippen molar-refractivity contribution in [3.8, 4) is 0 Å². The van der Waals surface area contributed by atoms with E-state index in [0.29, 0.717) is 17.7 Å². The summed E-state index contributed by atoms with van der Waals surface area (Å²) in [4.78, 5) is 33.2. The molecule has 0 spiro atoms. The maximum Gasteiger partial charge on any atom is 0.253 e. The van der Waals surface area contributed by atoms with Crippen LogP contribution in [0.25, 0.3) is 0 Å². The van der Waals surface area contributed by atoms with Crippen LogP contribution >= 0.6 is 23.2 Å². The summed E-state index contributed by atoms with van der Waals surface area (Å²) in [6.45, 7) is 6.55. The van der Waals surface area contributed by atoms with Gasteiger partial charge < -0.3 is 15.1 Å². The second-order valence-electron chi connectivity index (χ2n) is 9.08. The highest BCUT2D eigenvalue weighted by molar-refractivity contribution is 6.18. The first-order chi connectivity index (χ1) is 17.5. The van der Waals surface area contributed by atoms with Crippen molar-refractivity contribution in [3.05, 3.63) is 66.5 Å². The lowest BCUT2D eigenvalue weighted by Crippen LogP contribution is -2.38. The number of nitrogens with zero attached hydrogens (tertiary/aromatic N) is 3. The Kier molecular flexibility index (Phi) is 11.6. The van der Waals surface area contributed by atoms with Crippen molar-refractivity contribution in [1.82, 2.24) is 9.88 Å². The Hall–Kier alpha value is -2.57. The molecule has 0 radical (unpaired) electrons. The summed E-state index contributed by atoms with van der Waals surface area (Å²) >= 11 is 11.8. The first-order valence-electron chi connectivity index (χ1n) is 12.7. The van der Waals surface area contributed by atoms with E-state index in [1.165, 1.54) is 6.08 Å². The molecule has 3 rings (SSSR count). The number of nitrogens with one attached hydrogen (secondary N) is 1. The number of carbonyl (C=O) groups is 2. The number of hydrogen-bond donors (Lipinski definition) is 1. The van der Waals surface area contributed by atoms with Crippen LogP contribution in [-0.2, 0) is 11.2 Å². The number of hydrogen-bond acceptors (Lipinski definition) is 4. The normalized spacial score (nSPS) is 13.9. The molecule has 0 unspecified atom stereocenters. The van der Waals surface area contributed by atoms with Gasteiger partial charge in [0.2, 0.25) is 5.91 Å². The number of aromatic nitrogens is 1. The maximum absolute atomic E-state index is 13.0. The first-order valence-corrected chi connectivity index (χ1v) is 13.8. The van der Waals surface area contributed by atoms with Gasteiger partial charge in [0.15, 0.2) is 0 Å². The monoisotopic (exact) mass is 530 g/mol. The van der Waals surface area contributed by atoms with E-state index in [2.05, 4.69) is 21.8 Å². The quantitative estimate of drug-likeness (QED) is 0.203. The van der Waals surface area contributed by atoms with Crippen LogP contribution in [0.15, 0.2) is 55.3 Å². The molecule has 36 heavy (non-hydrogen) atoms. The topological polar surface area (TPSA) is 65.5 Å². The zero-order valence-corrected chi connectivity index (χ0v) is 22.3. The van der Waals surface area contributed by atoms with E-state index < -0.39 is 0 Å². The van der Waals surface area contributed by atoms with Crippen molar-refractivity contribution >= 4 is 46.4 Å². The molecule has 2 aromatic rings. The molecule has 8 heteroatoms. The summed E-state index contributed by atoms with van der Waals surface area (Å²) < 4.78 is 0. The summed E-state index contributed by atoms with van der Waals surface area (Å²) in [5, 5.41) is 2.83. The van der Waals surface area contributed by atoms with Crippen molar-refractivity contribution in [2.45, 2.75) is 38.5 Å². The third-order valence-corrected chi connectivity index (χ3v) is 7.04. The van der Waals surface area contributed by atoms with Gasteiger partial charge in [-0.1, -0.05) is 19.4 Å². The van der Waals surface area contributed by atoms with E-state index in [1.807, 2.05) is 41.3 Å². The number of piperidine rings is 1. The van der Waals surface area contributed by atoms with Crippen molar-refractivity contribution in [2.24, 2.45) is 5.92 Å². The molecule has 1 aromatic carbocycles. The molecule has 1 aliphatic heterocycles. The van der Waals surface area contributed by atoms with Gasteiger partial charge >= 0.3 is 0 Å². The van der Waals surface area contributed by atoms with Gasteiger partial charge in [-0.25, -0.2) is 0 Å². The zero-order valence-electron chi connectivity index (χ0n) is 20.8. The van der Waals surface area contributed by atoms with Crippen LogP contribution in [0.1, 0.15) is 48.2 Å². The highest BCUT2D eigenvalue weighted by Gasteiger charge is 2.23. The van der Waals surface area contributed by atoms with Gasteiger partial charge in [0, 0.05) is 55.4 Å². The predicted octanol–water partition coefficient (Wildman–Crippen LogP) is 5.76. The number of pyridine rings is 1. The number of anilines is 2. The molecular weight excluding hydrogens is 495 g/mol. The molecule has 6 nitrogen and oxygen atoms in total. The Morgan fingerprint density at radius 3 is 2.42 bits per heavy atom. The molecule has 1 fully saturated rings. The van der Waals surface area contributed by atoms with Crippen LogP contribution in [-0.4, -0.2) is 59.6 Å². The molecule has 1 aliphatic rings. The summed E-state index contributed by atoms with van der Waals surface area (Å²) in [5.41, 5.74) is 3.43. The number of aryl methyl sites for hydroxylation is 1. The molecule has 2 heterocycles. The van der Waals surface area contributed by atoms with Gasteiger partial charge in [0.25, 0.3) is 5.91 Å². The second kappa shape index (κ2) is 14.9. The lowest BCUT2D eigenvalue weighted by molar-refractivity contribution is -0.111. The number of likely N-dealkylation sites (tertiary alicyclic amines) is 1. The molecule has 1 N–H and O–H groups in total. The Morgan fingerprint density at radius 1 is 1.08 bits per heavy atom. The van der Waals surface area contributed by atoms with Crippen LogP contribution in [0.5, 0.6) is 0 Å². The molecule has 194 valence electrons. The Balaban J connectivity index is 1.41. The van der Waals surface area contributed by atoms with Crippen molar-refractivity contribution in [3.63, 3.8) is 0 Å². The molecule has 2 amide bonds. The van der Waals surface area contributed by atoms with Crippen LogP contribution in [0.2, 0.25) is 0 Å². The fourth-order valence-electron chi connectivity index (χ4n) is 4.66. The Labute approximate surface area is 224 Å². The van der Waals surface area contributed by atoms with Gasteiger partial charge in [0.05, 0.1) is 11.4 Å². The van der Waals surface area contributed by atoms with Gasteiger partial charge in [0.1, 0.15) is 0 Å². The van der Waals surface area contributed by atoms with Crippen molar-refractivity contribution < 1.29 is 9.59 Å². The van der Waals surface area contributed by atoms with E-state index in [0.717, 1.165) is 87.3 Å². The number of benzene rings is 1. The second-order valence-corrected chi connectivity index (χ2v) is 9.84. The lowest BCUT2D eigenvalue weighted by Gasteiger charge is -2.32. The predicted molar refractivity (Wildman–Crippen MR) is 149 cm³/mol. The average Bonchev–Trinajstić information content (AvgIpc) is 2.92. The highest BCUT2D eigenvalue weighted by Crippen LogP contribution is 2.25. The molecule has 0 aliphatic carbocycles. The van der Waals surface area contributed by atoms with Gasteiger partial charge in [-0.15, -0.1) is 23.2 Å². The molecule has 0 bridgehead atoms. The number of halogens is 2. The third-order valence-electron chi connectivity index (χ3n) is 6.70. The van der Waals surface area contributed by atoms with E-state index in [1.54, 1.807) is 6.20 Å². The number of amides is 2. The molecular formula is C28H36Cl2N4O2. The van der Waals surface area contributed by atoms with E-state index >= 15 is 0 Å². The minimum Gasteiger partial charge on any atom is -0.369 e. The fourth-order valence-corrected chi connectivity index (χ4v) is 5.06. The smallest absolute Gasteiger partial charge is 0.253 e. The minimum absolute atomic E-state index is 0.102. The summed E-state index contributed by atoms with van der Waals surface area (Å²) in [7, 11) is 0. The largest absolute Gasteiger partial charge is 0.369 e. The minimum atomic E-state index is -0.221. The fraction of sp³-hybridized carbons (Fsp3) is 0.464. The van der Waals surface area contributed by atoms with E-state index in [9.17, 15) is 9.59 Å². The van der Waals surface area contributed by atoms with Crippen LogP contribution < -0.4 is 10.2 Å². The Morgan fingerprint density at radius 2 is 1.78 bits per heavy atom. The number of rotatable bonds is 13. The molecule has 0 atom stereocenters. The molecule has 1 aromatic heterocycles. The van der Waals surface area contributed by atoms with E-state index in [4.69, 9.17) is 23.2 Å². The van der Waals surface area contributed by atoms with Crippen LogP contribution in [0.3, 0.4) is 0 Å². The molecule has 0 saturated carbocycles. The number of unbranched alkanes of at least 4 members (excludes halogenated alkanes) is 1. The third kappa shape index (κ3) is 8.24. The van der Waals surface area contributed by atoms with Gasteiger partial charge in [-0.2, -0.15) is 0 Å². The standard InChI is InChI=1S/C28H36Cl2N4O2/c1-2-27(35)32-26-8-5-17-31-25(26)7-4-3-6-22-13-18-34(19-14-22)28(36)23-9-11-24(12-10-23)33(20-15-29)21-16-30/h2,5,8-12,17,22H,1,3-4,6-7,13-16,18-21H2,(H,32,35). The zero-order chi connectivity index (χ0) is 25.8. The summed E-state index contributed by atoms with van der Waals surface area (Å²) in [6, 6.07) is 11.5. The maximum atomic E-state index is 13.0. The summed E-state index contributed by atoms with van der Waals surface area (Å²) in [6.07, 6.45) is 9.19. The average molecular weight is 532 g/mol. The summed E-state index contributed by atoms with van der Waals surface area (Å²) in [5.74, 6) is 1.58. The van der Waals surface area contributed by atoms with E-state index in [-0.39, 0.29) is 11.8 Å². The number of carbonyl (C=O) groups excluding carboxylic acids is 2. The number of alkyl halides is 2. The highest BCUT2D eigenvalue weighted by atomic mass is 35.5. The Bertz CT molecular complexity index is 985. The van der Waals surface area contributed by atoms with Crippen LogP contribution in [0, 0.1) is 5.92 Å². The lowest BCUT2D eigenvalue weighted by atomic mass is 9.90. The van der Waals surface area contributed by atoms with Crippen molar-refractivity contribution in [2.75, 3.05) is 48.2 Å². The van der Waals surface area contributed by atoms with Crippen molar-refractivity contribution in [1.29, 1.82) is 0 Å².